The van der Waals surface area contributed by atoms with Gasteiger partial charge in [0.1, 0.15) is 5.75 Å². The number of rotatable bonds is 6. The second kappa shape index (κ2) is 6.83. The zero-order chi connectivity index (χ0) is 16.2. The number of fused-ring (bicyclic) bond motifs is 1. The Morgan fingerprint density at radius 1 is 1.43 bits per heavy atom. The maximum absolute atomic E-state index is 10.9. The summed E-state index contributed by atoms with van der Waals surface area (Å²) in [6, 6.07) is 7.92. The standard InChI is InChI=1S/C17H21N3O3/c1-23-16-5-3-2-4-12(16)10-14-13-11-18-8-6-15(13)20(19-14)9-7-17(21)22/h2-5,18H,6-11H2,1H3,(H,21,22). The molecule has 6 nitrogen and oxygen atoms in total. The number of para-hydroxylation sites is 1. The molecule has 3 rings (SSSR count). The van der Waals surface area contributed by atoms with Crippen LogP contribution in [0.1, 0.15) is 28.9 Å². The Morgan fingerprint density at radius 2 is 2.26 bits per heavy atom. The number of hydrogen-bond acceptors (Lipinski definition) is 4. The third-order valence-electron chi connectivity index (χ3n) is 4.18. The van der Waals surface area contributed by atoms with E-state index in [4.69, 9.17) is 14.9 Å². The third kappa shape index (κ3) is 3.37. The highest BCUT2D eigenvalue weighted by Crippen LogP contribution is 2.25. The number of hydrogen-bond donors (Lipinski definition) is 2. The number of nitrogens with zero attached hydrogens (tertiary/aromatic N) is 2. The average Bonchev–Trinajstić information content (AvgIpc) is 2.91. The van der Waals surface area contributed by atoms with Crippen LogP contribution in [0.4, 0.5) is 0 Å². The van der Waals surface area contributed by atoms with Gasteiger partial charge in [0, 0.05) is 42.8 Å². The Balaban J connectivity index is 1.91. The number of carboxylic acid groups (broad SMARTS) is 1. The summed E-state index contributed by atoms with van der Waals surface area (Å²) >= 11 is 0. The fourth-order valence-corrected chi connectivity index (χ4v) is 3.05. The summed E-state index contributed by atoms with van der Waals surface area (Å²) in [7, 11) is 1.67. The van der Waals surface area contributed by atoms with Crippen molar-refractivity contribution in [3.63, 3.8) is 0 Å². The highest BCUT2D eigenvalue weighted by atomic mass is 16.5. The summed E-state index contributed by atoms with van der Waals surface area (Å²) in [5.74, 6) is 0.0552. The van der Waals surface area contributed by atoms with E-state index >= 15 is 0 Å². The van der Waals surface area contributed by atoms with Crippen LogP contribution in [0.3, 0.4) is 0 Å². The summed E-state index contributed by atoms with van der Waals surface area (Å²) < 4.78 is 7.29. The van der Waals surface area contributed by atoms with Crippen molar-refractivity contribution >= 4 is 5.97 Å². The molecule has 122 valence electrons. The van der Waals surface area contributed by atoms with Crippen molar-refractivity contribution in [1.29, 1.82) is 0 Å². The first-order valence-electron chi connectivity index (χ1n) is 7.81. The van der Waals surface area contributed by atoms with E-state index < -0.39 is 5.97 Å². The number of carboxylic acids is 1. The second-order valence-electron chi connectivity index (χ2n) is 5.65. The average molecular weight is 315 g/mol. The van der Waals surface area contributed by atoms with Crippen LogP contribution in [0.2, 0.25) is 0 Å². The summed E-state index contributed by atoms with van der Waals surface area (Å²) in [6.07, 6.45) is 1.66. The molecule has 0 fully saturated rings. The molecule has 0 bridgehead atoms. The zero-order valence-corrected chi connectivity index (χ0v) is 13.2. The topological polar surface area (TPSA) is 76.4 Å². The van der Waals surface area contributed by atoms with Crippen molar-refractivity contribution in [2.45, 2.75) is 32.4 Å². The van der Waals surface area contributed by atoms with Gasteiger partial charge < -0.3 is 15.2 Å². The van der Waals surface area contributed by atoms with Crippen LogP contribution in [0.5, 0.6) is 5.75 Å². The molecular weight excluding hydrogens is 294 g/mol. The molecule has 2 aromatic rings. The van der Waals surface area contributed by atoms with Crippen LogP contribution in [0.15, 0.2) is 24.3 Å². The number of aromatic nitrogens is 2. The maximum atomic E-state index is 10.9. The molecule has 1 aromatic heterocycles. The van der Waals surface area contributed by atoms with Crippen molar-refractivity contribution < 1.29 is 14.6 Å². The first kappa shape index (κ1) is 15.6. The minimum absolute atomic E-state index is 0.0929. The molecule has 0 saturated carbocycles. The highest BCUT2D eigenvalue weighted by molar-refractivity contribution is 5.66. The van der Waals surface area contributed by atoms with Crippen LogP contribution in [0.25, 0.3) is 0 Å². The van der Waals surface area contributed by atoms with Crippen LogP contribution in [-0.2, 0) is 30.7 Å². The summed E-state index contributed by atoms with van der Waals surface area (Å²) in [4.78, 5) is 10.9. The van der Waals surface area contributed by atoms with Crippen LogP contribution in [0, 0.1) is 0 Å². The third-order valence-corrected chi connectivity index (χ3v) is 4.18. The molecule has 1 aliphatic heterocycles. The molecule has 6 heteroatoms. The number of ether oxygens (including phenoxy) is 1. The predicted octanol–water partition coefficient (Wildman–Crippen LogP) is 1.60. The van der Waals surface area contributed by atoms with E-state index in [-0.39, 0.29) is 6.42 Å². The Kier molecular flexibility index (Phi) is 4.62. The van der Waals surface area contributed by atoms with E-state index in [2.05, 4.69) is 5.32 Å². The predicted molar refractivity (Wildman–Crippen MR) is 85.7 cm³/mol. The van der Waals surface area contributed by atoms with Gasteiger partial charge in [-0.2, -0.15) is 5.10 Å². The Morgan fingerprint density at radius 3 is 3.04 bits per heavy atom. The largest absolute Gasteiger partial charge is 0.496 e. The number of benzene rings is 1. The lowest BCUT2D eigenvalue weighted by atomic mass is 10.0. The van der Waals surface area contributed by atoms with Crippen molar-refractivity contribution in [2.75, 3.05) is 13.7 Å². The zero-order valence-electron chi connectivity index (χ0n) is 13.2. The van der Waals surface area contributed by atoms with Gasteiger partial charge in [-0.15, -0.1) is 0 Å². The molecule has 0 amide bonds. The summed E-state index contributed by atoms with van der Waals surface area (Å²) in [5, 5.41) is 17.0. The molecule has 1 aromatic carbocycles. The smallest absolute Gasteiger partial charge is 0.305 e. The lowest BCUT2D eigenvalue weighted by Gasteiger charge is -2.15. The fourth-order valence-electron chi connectivity index (χ4n) is 3.05. The minimum Gasteiger partial charge on any atom is -0.496 e. The van der Waals surface area contributed by atoms with Crippen molar-refractivity contribution in [3.8, 4) is 5.75 Å². The van der Waals surface area contributed by atoms with Gasteiger partial charge in [-0.3, -0.25) is 9.48 Å². The molecule has 0 spiro atoms. The molecule has 0 unspecified atom stereocenters. The maximum Gasteiger partial charge on any atom is 0.305 e. The normalized spacial score (nSPS) is 13.6. The van der Waals surface area contributed by atoms with E-state index in [0.29, 0.717) is 13.0 Å². The van der Waals surface area contributed by atoms with Gasteiger partial charge in [0.25, 0.3) is 0 Å². The van der Waals surface area contributed by atoms with Crippen molar-refractivity contribution in [1.82, 2.24) is 15.1 Å². The molecule has 1 aliphatic rings. The van der Waals surface area contributed by atoms with E-state index in [1.807, 2.05) is 28.9 Å². The van der Waals surface area contributed by atoms with Gasteiger partial charge in [-0.05, 0) is 6.07 Å². The van der Waals surface area contributed by atoms with E-state index in [0.717, 1.165) is 42.2 Å². The van der Waals surface area contributed by atoms with E-state index in [1.165, 1.54) is 5.56 Å². The Hall–Kier alpha value is -2.34. The molecule has 0 radical (unpaired) electrons. The fraction of sp³-hybridized carbons (Fsp3) is 0.412. The summed E-state index contributed by atoms with van der Waals surface area (Å²) in [6.45, 7) is 2.11. The molecule has 0 aliphatic carbocycles. The minimum atomic E-state index is -0.797. The molecule has 0 atom stereocenters. The number of carbonyl (C=O) groups is 1. The highest BCUT2D eigenvalue weighted by Gasteiger charge is 2.21. The van der Waals surface area contributed by atoms with Crippen molar-refractivity contribution in [3.05, 3.63) is 46.8 Å². The first-order valence-corrected chi connectivity index (χ1v) is 7.81. The first-order chi connectivity index (χ1) is 11.2. The van der Waals surface area contributed by atoms with Crippen LogP contribution in [-0.4, -0.2) is 34.5 Å². The quantitative estimate of drug-likeness (QED) is 0.847. The van der Waals surface area contributed by atoms with E-state index in [1.54, 1.807) is 7.11 Å². The lowest BCUT2D eigenvalue weighted by molar-refractivity contribution is -0.137. The number of aliphatic carboxylic acids is 1. The monoisotopic (exact) mass is 315 g/mol. The van der Waals surface area contributed by atoms with Gasteiger partial charge in [-0.25, -0.2) is 0 Å². The second-order valence-corrected chi connectivity index (χ2v) is 5.65. The van der Waals surface area contributed by atoms with Gasteiger partial charge in [0.2, 0.25) is 0 Å². The lowest BCUT2D eigenvalue weighted by Crippen LogP contribution is -2.25. The molecule has 0 saturated heterocycles. The van der Waals surface area contributed by atoms with Crippen LogP contribution >= 0.6 is 0 Å². The van der Waals surface area contributed by atoms with Gasteiger partial charge in [0.05, 0.1) is 25.8 Å². The van der Waals surface area contributed by atoms with Crippen molar-refractivity contribution in [2.24, 2.45) is 0 Å². The molecule has 23 heavy (non-hydrogen) atoms. The number of aryl methyl sites for hydroxylation is 1. The van der Waals surface area contributed by atoms with Gasteiger partial charge >= 0.3 is 5.97 Å². The summed E-state index contributed by atoms with van der Waals surface area (Å²) in [5.41, 5.74) is 4.45. The Labute approximate surface area is 135 Å². The number of methoxy groups -OCH3 is 1. The Bertz CT molecular complexity index is 709. The van der Waals surface area contributed by atoms with Gasteiger partial charge in [0.15, 0.2) is 0 Å². The molecule has 2 heterocycles. The number of nitrogens with one attached hydrogen (secondary N) is 1. The van der Waals surface area contributed by atoms with Gasteiger partial charge in [-0.1, -0.05) is 18.2 Å². The van der Waals surface area contributed by atoms with Crippen LogP contribution < -0.4 is 10.1 Å². The molecular formula is C17H21N3O3. The molecule has 2 N–H and O–H groups in total. The van der Waals surface area contributed by atoms with E-state index in [9.17, 15) is 4.79 Å². The SMILES string of the molecule is COc1ccccc1Cc1nn(CCC(=O)O)c2c1CNCC2.